The number of carbonyl (C=O) groups is 1. The van der Waals surface area contributed by atoms with Crippen molar-refractivity contribution in [1.29, 1.82) is 0 Å². The minimum atomic E-state index is 0.0157. The molecule has 2 aromatic heterocycles. The Kier molecular flexibility index (Phi) is 6.20. The van der Waals surface area contributed by atoms with Crippen molar-refractivity contribution in [2.24, 2.45) is 7.05 Å². The number of carbonyl (C=O) groups excluding carboxylic acids is 1. The van der Waals surface area contributed by atoms with Gasteiger partial charge in [-0.1, -0.05) is 18.7 Å². The molecule has 3 heterocycles. The van der Waals surface area contributed by atoms with Crippen molar-refractivity contribution in [1.82, 2.24) is 19.8 Å². The van der Waals surface area contributed by atoms with Crippen molar-refractivity contribution in [3.05, 3.63) is 36.0 Å². The Labute approximate surface area is 153 Å². The minimum Gasteiger partial charge on any atom is -0.455 e. The first kappa shape index (κ1) is 18.1. The van der Waals surface area contributed by atoms with Gasteiger partial charge in [0.05, 0.1) is 5.75 Å². The van der Waals surface area contributed by atoms with Gasteiger partial charge in [-0.25, -0.2) is 4.98 Å². The normalized spacial score (nSPS) is 15.4. The molecule has 0 spiro atoms. The fraction of sp³-hybridized carbons (Fsp3) is 0.556. The Bertz CT molecular complexity index is 691. The summed E-state index contributed by atoms with van der Waals surface area (Å²) in [6, 6.07) is 4.01. The molecule has 2 aromatic rings. The molecule has 0 radical (unpaired) electrons. The summed E-state index contributed by atoms with van der Waals surface area (Å²) in [4.78, 5) is 19.2. The van der Waals surface area contributed by atoms with Gasteiger partial charge >= 0.3 is 0 Å². The van der Waals surface area contributed by atoms with Crippen molar-refractivity contribution in [2.75, 3.05) is 19.6 Å². The van der Waals surface area contributed by atoms with E-state index in [9.17, 15) is 4.79 Å². The van der Waals surface area contributed by atoms with Gasteiger partial charge in [0.2, 0.25) is 0 Å². The predicted molar refractivity (Wildman–Crippen MR) is 98.7 cm³/mol. The number of furan rings is 1. The molecule has 0 bridgehead atoms. The van der Waals surface area contributed by atoms with Gasteiger partial charge in [0.1, 0.15) is 5.76 Å². The second-order valence-corrected chi connectivity index (χ2v) is 7.30. The predicted octanol–water partition coefficient (Wildman–Crippen LogP) is 2.91. The van der Waals surface area contributed by atoms with Crippen LogP contribution in [0.2, 0.25) is 0 Å². The van der Waals surface area contributed by atoms with Crippen molar-refractivity contribution in [2.45, 2.75) is 43.1 Å². The Morgan fingerprint density at radius 3 is 2.92 bits per heavy atom. The van der Waals surface area contributed by atoms with E-state index in [4.69, 9.17) is 4.42 Å². The maximum Gasteiger partial charge on any atom is 0.289 e. The van der Waals surface area contributed by atoms with Gasteiger partial charge in [-0.15, -0.1) is 0 Å². The molecular weight excluding hydrogens is 336 g/mol. The number of hydrogen-bond donors (Lipinski definition) is 1. The number of piperidine rings is 1. The average Bonchev–Trinajstić information content (AvgIpc) is 3.27. The van der Waals surface area contributed by atoms with Gasteiger partial charge in [-0.2, -0.15) is 0 Å². The molecule has 1 fully saturated rings. The van der Waals surface area contributed by atoms with Crippen LogP contribution in [0, 0.1) is 0 Å². The fourth-order valence-electron chi connectivity index (χ4n) is 3.15. The van der Waals surface area contributed by atoms with Crippen LogP contribution >= 0.6 is 11.8 Å². The molecule has 25 heavy (non-hydrogen) atoms. The number of aromatic nitrogens is 2. The molecule has 0 atom stereocenters. The van der Waals surface area contributed by atoms with Crippen molar-refractivity contribution in [3.8, 4) is 0 Å². The average molecular weight is 362 g/mol. The quantitative estimate of drug-likeness (QED) is 0.767. The highest BCUT2D eigenvalue weighted by molar-refractivity contribution is 7.98. The van der Waals surface area contributed by atoms with Gasteiger partial charge in [0.15, 0.2) is 10.9 Å². The van der Waals surface area contributed by atoms with Crippen LogP contribution in [0.25, 0.3) is 0 Å². The Morgan fingerprint density at radius 1 is 1.44 bits per heavy atom. The van der Waals surface area contributed by atoms with Crippen LogP contribution in [0.15, 0.2) is 34.1 Å². The van der Waals surface area contributed by atoms with E-state index in [0.29, 0.717) is 17.6 Å². The summed E-state index contributed by atoms with van der Waals surface area (Å²) < 4.78 is 7.81. The number of hydrogen-bond acceptors (Lipinski definition) is 5. The van der Waals surface area contributed by atoms with Crippen LogP contribution in [0.1, 0.15) is 42.5 Å². The number of nitrogens with one attached hydrogen (secondary N) is 1. The third kappa shape index (κ3) is 4.46. The summed E-state index contributed by atoms with van der Waals surface area (Å²) in [5, 5.41) is 4.29. The zero-order valence-corrected chi connectivity index (χ0v) is 15.7. The molecule has 1 amide bonds. The van der Waals surface area contributed by atoms with Crippen molar-refractivity contribution in [3.63, 3.8) is 0 Å². The topological polar surface area (TPSA) is 63.3 Å². The smallest absolute Gasteiger partial charge is 0.289 e. The van der Waals surface area contributed by atoms with Gasteiger partial charge in [0, 0.05) is 32.0 Å². The van der Waals surface area contributed by atoms with Crippen molar-refractivity contribution < 1.29 is 9.21 Å². The molecule has 136 valence electrons. The van der Waals surface area contributed by atoms with E-state index in [1.807, 2.05) is 28.8 Å². The molecule has 3 rings (SSSR count). The first-order valence-electron chi connectivity index (χ1n) is 8.89. The second-order valence-electron chi connectivity index (χ2n) is 6.36. The van der Waals surface area contributed by atoms with E-state index >= 15 is 0 Å². The highest BCUT2D eigenvalue weighted by Crippen LogP contribution is 2.23. The maximum absolute atomic E-state index is 12.9. The summed E-state index contributed by atoms with van der Waals surface area (Å²) in [5.41, 5.74) is 0. The first-order valence-corrected chi connectivity index (χ1v) is 9.88. The molecule has 0 unspecified atom stereocenters. The third-order valence-corrected chi connectivity index (χ3v) is 5.55. The largest absolute Gasteiger partial charge is 0.455 e. The van der Waals surface area contributed by atoms with Gasteiger partial charge in [-0.3, -0.25) is 4.79 Å². The lowest BCUT2D eigenvalue weighted by molar-refractivity contribution is 0.0608. The molecule has 0 aromatic carbocycles. The first-order chi connectivity index (χ1) is 12.2. The molecule has 0 saturated carbocycles. The van der Waals surface area contributed by atoms with E-state index in [0.717, 1.165) is 49.8 Å². The Balaban J connectivity index is 1.64. The van der Waals surface area contributed by atoms with Crippen LogP contribution in [0.4, 0.5) is 0 Å². The fourth-order valence-corrected chi connectivity index (χ4v) is 3.97. The van der Waals surface area contributed by atoms with Crippen LogP contribution in [0.3, 0.4) is 0 Å². The summed E-state index contributed by atoms with van der Waals surface area (Å²) in [5.74, 6) is 1.93. The highest BCUT2D eigenvalue weighted by Gasteiger charge is 2.27. The van der Waals surface area contributed by atoms with Crippen LogP contribution < -0.4 is 5.32 Å². The van der Waals surface area contributed by atoms with Gasteiger partial charge in [-0.05, 0) is 44.5 Å². The second kappa shape index (κ2) is 8.58. The van der Waals surface area contributed by atoms with E-state index < -0.39 is 0 Å². The van der Waals surface area contributed by atoms with E-state index in [1.54, 1.807) is 24.0 Å². The Hall–Kier alpha value is -1.73. The SMILES string of the molecule is CCCN(C(=O)c1ccc(CSc2nccn2C)o1)C1CCNCC1. The van der Waals surface area contributed by atoms with Crippen LogP contribution in [-0.2, 0) is 12.8 Å². The summed E-state index contributed by atoms with van der Waals surface area (Å²) in [6.45, 7) is 4.84. The number of rotatable bonds is 7. The number of thioether (sulfide) groups is 1. The number of amides is 1. The van der Waals surface area contributed by atoms with Gasteiger partial charge in [0.25, 0.3) is 5.91 Å². The van der Waals surface area contributed by atoms with E-state index in [2.05, 4.69) is 17.2 Å². The summed E-state index contributed by atoms with van der Waals surface area (Å²) in [7, 11) is 1.97. The lowest BCUT2D eigenvalue weighted by atomic mass is 10.0. The van der Waals surface area contributed by atoms with E-state index in [1.165, 1.54) is 0 Å². The van der Waals surface area contributed by atoms with Crippen LogP contribution in [0.5, 0.6) is 0 Å². The zero-order chi connectivity index (χ0) is 17.6. The molecule has 1 N–H and O–H groups in total. The third-order valence-electron chi connectivity index (χ3n) is 4.47. The lowest BCUT2D eigenvalue weighted by Gasteiger charge is -2.34. The Morgan fingerprint density at radius 2 is 2.24 bits per heavy atom. The monoisotopic (exact) mass is 362 g/mol. The molecule has 1 aliphatic rings. The summed E-state index contributed by atoms with van der Waals surface area (Å²) >= 11 is 1.60. The number of imidazole rings is 1. The number of aryl methyl sites for hydroxylation is 1. The molecular formula is C18H26N4O2S. The molecule has 6 nitrogen and oxygen atoms in total. The number of nitrogens with zero attached hydrogens (tertiary/aromatic N) is 3. The van der Waals surface area contributed by atoms with E-state index in [-0.39, 0.29) is 5.91 Å². The lowest BCUT2D eigenvalue weighted by Crippen LogP contribution is -2.46. The molecule has 1 aliphatic heterocycles. The molecule has 7 heteroatoms. The maximum atomic E-state index is 12.9. The van der Waals surface area contributed by atoms with Gasteiger partial charge < -0.3 is 19.2 Å². The summed E-state index contributed by atoms with van der Waals surface area (Å²) in [6.07, 6.45) is 6.67. The van der Waals surface area contributed by atoms with Crippen LogP contribution in [-0.4, -0.2) is 46.0 Å². The van der Waals surface area contributed by atoms with Crippen molar-refractivity contribution >= 4 is 17.7 Å². The highest BCUT2D eigenvalue weighted by atomic mass is 32.2. The standard InChI is InChI=1S/C18H26N4O2S/c1-3-11-22(14-6-8-19-9-7-14)17(23)16-5-4-15(24-16)13-25-18-20-10-12-21(18)2/h4-5,10,12,14,19H,3,6-9,11,13H2,1-2H3. The zero-order valence-electron chi connectivity index (χ0n) is 14.9. The minimum absolute atomic E-state index is 0.0157. The molecule has 1 saturated heterocycles. The molecule has 0 aliphatic carbocycles.